The summed E-state index contributed by atoms with van der Waals surface area (Å²) >= 11 is 1.42. The van der Waals surface area contributed by atoms with Crippen LogP contribution in [0, 0.1) is 13.8 Å². The molecule has 0 bridgehead atoms. The van der Waals surface area contributed by atoms with Crippen molar-refractivity contribution in [1.82, 2.24) is 14.5 Å². The van der Waals surface area contributed by atoms with Crippen LogP contribution >= 0.6 is 11.8 Å². The molecule has 2 fully saturated rings. The SMILES string of the molecule is Cc1ccc(-c2cn(-c3ccccc3)c(SCC(=O)N(C3CC3)C3CCS(=O)(=O)C3)n2)cc1C. The molecule has 34 heavy (non-hydrogen) atoms. The lowest BCUT2D eigenvalue weighted by Gasteiger charge is -2.28. The van der Waals surface area contributed by atoms with Crippen molar-refractivity contribution in [3.05, 3.63) is 65.9 Å². The summed E-state index contributed by atoms with van der Waals surface area (Å²) in [7, 11) is -3.04. The van der Waals surface area contributed by atoms with Crippen LogP contribution in [-0.2, 0) is 14.6 Å². The van der Waals surface area contributed by atoms with Gasteiger partial charge in [-0.25, -0.2) is 13.4 Å². The van der Waals surface area contributed by atoms with Gasteiger partial charge >= 0.3 is 0 Å². The van der Waals surface area contributed by atoms with E-state index < -0.39 is 9.84 Å². The van der Waals surface area contributed by atoms with Gasteiger partial charge in [-0.15, -0.1) is 0 Å². The van der Waals surface area contributed by atoms with Crippen LogP contribution in [0.4, 0.5) is 0 Å². The monoisotopic (exact) mass is 495 g/mol. The van der Waals surface area contributed by atoms with Crippen LogP contribution in [0.5, 0.6) is 0 Å². The van der Waals surface area contributed by atoms with Gasteiger partial charge in [0, 0.05) is 29.5 Å². The number of sulfone groups is 1. The minimum atomic E-state index is -3.04. The molecule has 1 amide bonds. The second-order valence-corrected chi connectivity index (χ2v) is 12.5. The zero-order valence-electron chi connectivity index (χ0n) is 19.5. The fourth-order valence-corrected chi connectivity index (χ4v) is 7.11. The average molecular weight is 496 g/mol. The highest BCUT2D eigenvalue weighted by Gasteiger charge is 2.42. The smallest absolute Gasteiger partial charge is 0.233 e. The summed E-state index contributed by atoms with van der Waals surface area (Å²) in [5.41, 5.74) is 5.34. The number of hydrogen-bond acceptors (Lipinski definition) is 5. The molecule has 0 radical (unpaired) electrons. The number of thioether (sulfide) groups is 1. The van der Waals surface area contributed by atoms with Crippen molar-refractivity contribution in [3.63, 3.8) is 0 Å². The maximum Gasteiger partial charge on any atom is 0.233 e. The lowest BCUT2D eigenvalue weighted by Crippen LogP contribution is -2.43. The molecule has 5 rings (SSSR count). The Morgan fingerprint density at radius 1 is 1.06 bits per heavy atom. The number of nitrogens with zero attached hydrogens (tertiary/aromatic N) is 3. The highest BCUT2D eigenvalue weighted by molar-refractivity contribution is 7.99. The van der Waals surface area contributed by atoms with E-state index in [2.05, 4.69) is 32.0 Å². The predicted octanol–water partition coefficient (Wildman–Crippen LogP) is 4.43. The second-order valence-electron chi connectivity index (χ2n) is 9.29. The van der Waals surface area contributed by atoms with Crippen molar-refractivity contribution in [2.45, 2.75) is 50.4 Å². The van der Waals surface area contributed by atoms with E-state index in [4.69, 9.17) is 4.98 Å². The van der Waals surface area contributed by atoms with Crippen LogP contribution in [0.3, 0.4) is 0 Å². The molecule has 8 heteroatoms. The van der Waals surface area contributed by atoms with E-state index in [9.17, 15) is 13.2 Å². The molecule has 3 aromatic rings. The number of amides is 1. The lowest BCUT2D eigenvalue weighted by atomic mass is 10.0. The molecule has 1 atom stereocenters. The number of aromatic nitrogens is 2. The first-order valence-electron chi connectivity index (χ1n) is 11.7. The van der Waals surface area contributed by atoms with Crippen molar-refractivity contribution in [1.29, 1.82) is 0 Å². The summed E-state index contributed by atoms with van der Waals surface area (Å²) < 4.78 is 26.1. The summed E-state index contributed by atoms with van der Waals surface area (Å²) in [6, 6.07) is 16.3. The van der Waals surface area contributed by atoms with Gasteiger partial charge in [0.15, 0.2) is 15.0 Å². The van der Waals surface area contributed by atoms with E-state index in [0.29, 0.717) is 6.42 Å². The van der Waals surface area contributed by atoms with Gasteiger partial charge in [0.25, 0.3) is 0 Å². The summed E-state index contributed by atoms with van der Waals surface area (Å²) in [5, 5.41) is 0.752. The summed E-state index contributed by atoms with van der Waals surface area (Å²) in [6.07, 6.45) is 4.49. The van der Waals surface area contributed by atoms with Crippen molar-refractivity contribution >= 4 is 27.5 Å². The zero-order valence-corrected chi connectivity index (χ0v) is 21.1. The molecule has 1 unspecified atom stereocenters. The van der Waals surface area contributed by atoms with Crippen LogP contribution in [0.15, 0.2) is 59.9 Å². The topological polar surface area (TPSA) is 72.3 Å². The third-order valence-corrected chi connectivity index (χ3v) is 9.35. The van der Waals surface area contributed by atoms with Gasteiger partial charge in [0.2, 0.25) is 5.91 Å². The van der Waals surface area contributed by atoms with E-state index in [1.807, 2.05) is 46.0 Å². The predicted molar refractivity (Wildman–Crippen MR) is 136 cm³/mol. The summed E-state index contributed by atoms with van der Waals surface area (Å²) in [4.78, 5) is 20.0. The van der Waals surface area contributed by atoms with E-state index in [0.717, 1.165) is 34.9 Å². The molecule has 1 aliphatic carbocycles. The Hall–Kier alpha value is -2.58. The van der Waals surface area contributed by atoms with Gasteiger partial charge in [0.1, 0.15) is 0 Å². The number of para-hydroxylation sites is 1. The van der Waals surface area contributed by atoms with Gasteiger partial charge in [-0.1, -0.05) is 42.1 Å². The minimum Gasteiger partial charge on any atom is -0.335 e. The number of carbonyl (C=O) groups is 1. The Kier molecular flexibility index (Phi) is 6.29. The first-order chi connectivity index (χ1) is 16.3. The van der Waals surface area contributed by atoms with E-state index in [1.165, 1.54) is 22.9 Å². The Balaban J connectivity index is 1.40. The maximum atomic E-state index is 13.3. The molecule has 0 spiro atoms. The number of hydrogen-bond donors (Lipinski definition) is 0. The molecule has 1 aromatic heterocycles. The van der Waals surface area contributed by atoms with Crippen molar-refractivity contribution in [2.24, 2.45) is 0 Å². The molecule has 2 aromatic carbocycles. The molecule has 2 aliphatic rings. The van der Waals surface area contributed by atoms with Gasteiger partial charge < -0.3 is 4.90 Å². The van der Waals surface area contributed by atoms with Crippen LogP contribution < -0.4 is 0 Å². The van der Waals surface area contributed by atoms with Crippen molar-refractivity contribution < 1.29 is 13.2 Å². The Labute approximate surface area is 205 Å². The summed E-state index contributed by atoms with van der Waals surface area (Å²) in [5.74, 6) is 0.516. The van der Waals surface area contributed by atoms with Crippen LogP contribution in [0.2, 0.25) is 0 Å². The minimum absolute atomic E-state index is 0.00458. The fourth-order valence-electron chi connectivity index (χ4n) is 4.53. The second kappa shape index (κ2) is 9.23. The van der Waals surface area contributed by atoms with Gasteiger partial charge in [-0.2, -0.15) is 0 Å². The average Bonchev–Trinajstić information content (AvgIpc) is 3.45. The number of rotatable bonds is 7. The highest BCUT2D eigenvalue weighted by atomic mass is 32.2. The van der Waals surface area contributed by atoms with E-state index in [1.54, 1.807) is 0 Å². The normalized spacial score (nSPS) is 19.3. The fraction of sp³-hybridized carbons (Fsp3) is 0.385. The highest BCUT2D eigenvalue weighted by Crippen LogP contribution is 2.34. The Morgan fingerprint density at radius 3 is 2.47 bits per heavy atom. The lowest BCUT2D eigenvalue weighted by molar-refractivity contribution is -0.130. The standard InChI is InChI=1S/C26H29N3O3S2/c1-18-8-9-20(14-19(18)2)24-15-28(21-6-4-3-5-7-21)26(27-24)33-16-25(30)29(22-10-11-22)23-12-13-34(31,32)17-23/h3-9,14-15,22-23H,10-13,16-17H2,1-2H3. The largest absolute Gasteiger partial charge is 0.335 e. The first-order valence-corrected chi connectivity index (χ1v) is 14.5. The van der Waals surface area contributed by atoms with Crippen LogP contribution in [0.25, 0.3) is 16.9 Å². The van der Waals surface area contributed by atoms with Gasteiger partial charge in [-0.3, -0.25) is 9.36 Å². The number of aryl methyl sites for hydroxylation is 2. The number of carbonyl (C=O) groups excluding carboxylic acids is 1. The molecule has 6 nitrogen and oxygen atoms in total. The Morgan fingerprint density at radius 2 is 1.82 bits per heavy atom. The third-order valence-electron chi connectivity index (χ3n) is 6.67. The first kappa shape index (κ1) is 23.2. The van der Waals surface area contributed by atoms with Gasteiger partial charge in [-0.05, 0) is 62.4 Å². The van der Waals surface area contributed by atoms with Crippen molar-refractivity contribution in [3.8, 4) is 16.9 Å². The molecule has 0 N–H and O–H groups in total. The molecular formula is C26H29N3O3S2. The molecule has 1 saturated carbocycles. The van der Waals surface area contributed by atoms with E-state index in [-0.39, 0.29) is 35.2 Å². The maximum absolute atomic E-state index is 13.3. The third kappa shape index (κ3) is 4.93. The molecular weight excluding hydrogens is 466 g/mol. The number of imidazole rings is 1. The molecule has 1 saturated heterocycles. The zero-order chi connectivity index (χ0) is 23.9. The molecule has 178 valence electrons. The van der Waals surface area contributed by atoms with Crippen LogP contribution in [0.1, 0.15) is 30.4 Å². The molecule has 1 aliphatic heterocycles. The van der Waals surface area contributed by atoms with E-state index >= 15 is 0 Å². The Bertz CT molecular complexity index is 1310. The summed E-state index contributed by atoms with van der Waals surface area (Å²) in [6.45, 7) is 4.19. The van der Waals surface area contributed by atoms with Gasteiger partial charge in [0.05, 0.1) is 23.0 Å². The van der Waals surface area contributed by atoms with Crippen molar-refractivity contribution in [2.75, 3.05) is 17.3 Å². The quantitative estimate of drug-likeness (QED) is 0.454. The van der Waals surface area contributed by atoms with Crippen LogP contribution in [-0.4, -0.2) is 58.1 Å². The molecule has 2 heterocycles. The number of benzene rings is 2.